The van der Waals surface area contributed by atoms with Gasteiger partial charge < -0.3 is 5.32 Å². The number of nitrogens with one attached hydrogen (secondary N) is 1. The van der Waals surface area contributed by atoms with Gasteiger partial charge in [0.1, 0.15) is 0 Å². The third-order valence-corrected chi connectivity index (χ3v) is 3.84. The van der Waals surface area contributed by atoms with E-state index in [2.05, 4.69) is 31.2 Å². The van der Waals surface area contributed by atoms with E-state index in [9.17, 15) is 4.79 Å². The summed E-state index contributed by atoms with van der Waals surface area (Å²) >= 11 is 3.38. The predicted octanol–water partition coefficient (Wildman–Crippen LogP) is 3.49. The Morgan fingerprint density at radius 1 is 1.09 bits per heavy atom. The number of aromatic nitrogens is 2. The van der Waals surface area contributed by atoms with E-state index in [0.29, 0.717) is 6.54 Å². The molecule has 1 N–H and O–H groups in total. The molecule has 0 fully saturated rings. The number of halogens is 1. The molecule has 1 aromatic carbocycles. The third kappa shape index (κ3) is 4.49. The molecule has 0 unspecified atom stereocenters. The van der Waals surface area contributed by atoms with Gasteiger partial charge >= 0.3 is 0 Å². The van der Waals surface area contributed by atoms with Gasteiger partial charge in [0.15, 0.2) is 0 Å². The van der Waals surface area contributed by atoms with Crippen molar-refractivity contribution in [1.29, 1.82) is 0 Å². The molecular weight excluding hydrogens is 342 g/mol. The molecule has 0 atom stereocenters. The van der Waals surface area contributed by atoms with Crippen LogP contribution in [0.15, 0.2) is 34.8 Å². The number of benzene rings is 1. The summed E-state index contributed by atoms with van der Waals surface area (Å²) < 4.78 is 1.01. The Balaban J connectivity index is 1.95. The van der Waals surface area contributed by atoms with Crippen molar-refractivity contribution in [2.75, 3.05) is 0 Å². The second kappa shape index (κ2) is 7.31. The Morgan fingerprint density at radius 2 is 1.73 bits per heavy atom. The highest BCUT2D eigenvalue weighted by Crippen LogP contribution is 2.11. The molecule has 4 nitrogen and oxygen atoms in total. The molecular formula is C17H18BrN3O. The van der Waals surface area contributed by atoms with Crippen molar-refractivity contribution in [3.05, 3.63) is 63.2 Å². The maximum absolute atomic E-state index is 11.9. The SMILES string of the molecule is Cc1nc(C)c(CNC(=O)/C=C/c2ccc(Br)cc2)nc1C. The molecule has 0 spiro atoms. The number of amides is 1. The fourth-order valence-corrected chi connectivity index (χ4v) is 2.17. The van der Waals surface area contributed by atoms with Gasteiger partial charge in [-0.2, -0.15) is 0 Å². The first-order chi connectivity index (χ1) is 10.5. The fraction of sp³-hybridized carbons (Fsp3) is 0.235. The normalized spacial score (nSPS) is 10.9. The quantitative estimate of drug-likeness (QED) is 0.850. The maximum atomic E-state index is 11.9. The first-order valence-corrected chi connectivity index (χ1v) is 7.77. The number of nitrogens with zero attached hydrogens (tertiary/aromatic N) is 2. The number of rotatable bonds is 4. The second-order valence-electron chi connectivity index (χ2n) is 5.03. The van der Waals surface area contributed by atoms with Crippen molar-refractivity contribution in [1.82, 2.24) is 15.3 Å². The van der Waals surface area contributed by atoms with Gasteiger partial charge in [-0.25, -0.2) is 0 Å². The van der Waals surface area contributed by atoms with Gasteiger partial charge in [-0.15, -0.1) is 0 Å². The lowest BCUT2D eigenvalue weighted by Crippen LogP contribution is -2.22. The van der Waals surface area contributed by atoms with Crippen LogP contribution >= 0.6 is 15.9 Å². The van der Waals surface area contributed by atoms with Crippen molar-refractivity contribution >= 4 is 27.9 Å². The van der Waals surface area contributed by atoms with E-state index in [1.165, 1.54) is 6.08 Å². The van der Waals surface area contributed by atoms with Crippen LogP contribution in [0.1, 0.15) is 28.3 Å². The van der Waals surface area contributed by atoms with E-state index in [-0.39, 0.29) is 5.91 Å². The van der Waals surface area contributed by atoms with Crippen molar-refractivity contribution in [2.45, 2.75) is 27.3 Å². The standard InChI is InChI=1S/C17H18BrN3O/c1-11-12(2)21-16(13(3)20-11)10-19-17(22)9-6-14-4-7-15(18)8-5-14/h4-9H,10H2,1-3H3,(H,19,22)/b9-6+. The van der Waals surface area contributed by atoms with Crippen molar-refractivity contribution < 1.29 is 4.79 Å². The number of carbonyl (C=O) groups is 1. The third-order valence-electron chi connectivity index (χ3n) is 3.31. The summed E-state index contributed by atoms with van der Waals surface area (Å²) in [6, 6.07) is 7.75. The molecule has 0 saturated carbocycles. The van der Waals surface area contributed by atoms with E-state index in [1.807, 2.05) is 45.0 Å². The molecule has 0 aliphatic heterocycles. The minimum Gasteiger partial charge on any atom is -0.347 e. The second-order valence-corrected chi connectivity index (χ2v) is 5.94. The molecule has 0 aliphatic carbocycles. The van der Waals surface area contributed by atoms with Crippen molar-refractivity contribution in [2.24, 2.45) is 0 Å². The van der Waals surface area contributed by atoms with Crippen LogP contribution in [0.2, 0.25) is 0 Å². The molecule has 1 heterocycles. The molecule has 5 heteroatoms. The van der Waals surface area contributed by atoms with E-state index >= 15 is 0 Å². The average Bonchev–Trinajstić information content (AvgIpc) is 2.49. The van der Waals surface area contributed by atoms with Gasteiger partial charge in [0.25, 0.3) is 0 Å². The van der Waals surface area contributed by atoms with Crippen LogP contribution in [0.4, 0.5) is 0 Å². The highest BCUT2D eigenvalue weighted by Gasteiger charge is 2.06. The van der Waals surface area contributed by atoms with E-state index in [4.69, 9.17) is 0 Å². The largest absolute Gasteiger partial charge is 0.347 e. The zero-order valence-electron chi connectivity index (χ0n) is 12.9. The van der Waals surface area contributed by atoms with Crippen molar-refractivity contribution in [3.8, 4) is 0 Å². The van der Waals surface area contributed by atoms with E-state index in [1.54, 1.807) is 6.08 Å². The molecule has 0 saturated heterocycles. The van der Waals surface area contributed by atoms with Gasteiger partial charge in [0.05, 0.1) is 29.3 Å². The Hall–Kier alpha value is -2.01. The van der Waals surface area contributed by atoms with Gasteiger partial charge in [0, 0.05) is 10.5 Å². The fourth-order valence-electron chi connectivity index (χ4n) is 1.90. The minimum atomic E-state index is -0.151. The molecule has 0 radical (unpaired) electrons. The Morgan fingerprint density at radius 3 is 2.41 bits per heavy atom. The van der Waals surface area contributed by atoms with E-state index < -0.39 is 0 Å². The summed E-state index contributed by atoms with van der Waals surface area (Å²) in [5, 5.41) is 2.83. The summed E-state index contributed by atoms with van der Waals surface area (Å²) in [5.74, 6) is -0.151. The Kier molecular flexibility index (Phi) is 5.44. The number of carbonyl (C=O) groups excluding carboxylic acids is 1. The number of hydrogen-bond donors (Lipinski definition) is 1. The highest BCUT2D eigenvalue weighted by molar-refractivity contribution is 9.10. The Bertz CT molecular complexity index is 709. The molecule has 114 valence electrons. The van der Waals surface area contributed by atoms with Crippen LogP contribution < -0.4 is 5.32 Å². The van der Waals surface area contributed by atoms with Crippen LogP contribution in [0.3, 0.4) is 0 Å². The topological polar surface area (TPSA) is 54.9 Å². The number of aryl methyl sites for hydroxylation is 3. The summed E-state index contributed by atoms with van der Waals surface area (Å²) in [6.45, 7) is 6.13. The predicted molar refractivity (Wildman–Crippen MR) is 91.3 cm³/mol. The first-order valence-electron chi connectivity index (χ1n) is 6.98. The smallest absolute Gasteiger partial charge is 0.244 e. The maximum Gasteiger partial charge on any atom is 0.244 e. The van der Waals surface area contributed by atoms with Crippen LogP contribution in [-0.4, -0.2) is 15.9 Å². The van der Waals surface area contributed by atoms with Crippen LogP contribution in [0.5, 0.6) is 0 Å². The summed E-state index contributed by atoms with van der Waals surface area (Å²) in [7, 11) is 0. The summed E-state index contributed by atoms with van der Waals surface area (Å²) in [6.07, 6.45) is 3.30. The molecule has 2 aromatic rings. The zero-order valence-corrected chi connectivity index (χ0v) is 14.4. The molecule has 1 amide bonds. The van der Waals surface area contributed by atoms with Crippen LogP contribution in [0.25, 0.3) is 6.08 Å². The van der Waals surface area contributed by atoms with Crippen LogP contribution in [-0.2, 0) is 11.3 Å². The lowest BCUT2D eigenvalue weighted by atomic mass is 10.2. The average molecular weight is 360 g/mol. The van der Waals surface area contributed by atoms with Crippen LogP contribution in [0, 0.1) is 20.8 Å². The molecule has 22 heavy (non-hydrogen) atoms. The molecule has 0 aliphatic rings. The van der Waals surface area contributed by atoms with Crippen molar-refractivity contribution in [3.63, 3.8) is 0 Å². The lowest BCUT2D eigenvalue weighted by Gasteiger charge is -2.08. The van der Waals surface area contributed by atoms with Gasteiger partial charge in [-0.3, -0.25) is 14.8 Å². The van der Waals surface area contributed by atoms with Gasteiger partial charge in [0.2, 0.25) is 5.91 Å². The molecule has 1 aromatic heterocycles. The van der Waals surface area contributed by atoms with Gasteiger partial charge in [-0.1, -0.05) is 28.1 Å². The Labute approximate surface area is 138 Å². The molecule has 2 rings (SSSR count). The highest BCUT2D eigenvalue weighted by atomic mass is 79.9. The summed E-state index contributed by atoms with van der Waals surface area (Å²) in [5.41, 5.74) is 4.43. The zero-order chi connectivity index (χ0) is 16.1. The summed E-state index contributed by atoms with van der Waals surface area (Å²) in [4.78, 5) is 20.7. The van der Waals surface area contributed by atoms with E-state index in [0.717, 1.165) is 32.8 Å². The first kappa shape index (κ1) is 16.4. The minimum absolute atomic E-state index is 0.151. The van der Waals surface area contributed by atoms with Gasteiger partial charge in [-0.05, 0) is 44.5 Å². The molecule has 0 bridgehead atoms. The number of hydrogen-bond acceptors (Lipinski definition) is 3. The monoisotopic (exact) mass is 359 g/mol. The lowest BCUT2D eigenvalue weighted by molar-refractivity contribution is -0.116.